The van der Waals surface area contributed by atoms with Crippen molar-refractivity contribution >= 4 is 23.2 Å². The number of likely N-dealkylation sites (N-methyl/N-ethyl adjacent to an activating group) is 1. The molecular weight excluding hydrogens is 328 g/mol. The Morgan fingerprint density at radius 3 is 2.36 bits per heavy atom. The van der Waals surface area contributed by atoms with Crippen LogP contribution in [0.1, 0.15) is 20.8 Å². The van der Waals surface area contributed by atoms with Gasteiger partial charge in [0.05, 0.1) is 24.8 Å². The molecule has 1 rings (SSSR count). The molecule has 9 heteroatoms. The summed E-state index contributed by atoms with van der Waals surface area (Å²) in [6.07, 6.45) is 0. The monoisotopic (exact) mass is 353 g/mol. The van der Waals surface area contributed by atoms with E-state index in [-0.39, 0.29) is 41.8 Å². The molecule has 1 aromatic rings. The molecule has 0 spiro atoms. The Morgan fingerprint density at radius 2 is 1.84 bits per heavy atom. The first-order valence-electron chi connectivity index (χ1n) is 7.76. The zero-order valence-corrected chi connectivity index (χ0v) is 15.1. The van der Waals surface area contributed by atoms with E-state index in [1.807, 2.05) is 20.8 Å². The zero-order chi connectivity index (χ0) is 19.2. The first-order valence-corrected chi connectivity index (χ1v) is 7.76. The summed E-state index contributed by atoms with van der Waals surface area (Å²) in [5.41, 5.74) is -0.273. The van der Waals surface area contributed by atoms with Gasteiger partial charge < -0.3 is 20.3 Å². The first-order chi connectivity index (χ1) is 11.5. The summed E-state index contributed by atoms with van der Waals surface area (Å²) in [5, 5.41) is 16.3. The third-order valence-corrected chi connectivity index (χ3v) is 3.11. The molecule has 0 aliphatic rings. The molecule has 2 amide bonds. The van der Waals surface area contributed by atoms with Gasteiger partial charge in [-0.15, -0.1) is 0 Å². The standard InChI is InChI=1S/C16H24N4O5/c1-16(2,3)18-15(22)10-19(4)9-14(21)17-12-8-11(20(23)24)6-7-13(12)25-5/h6-8H,9-10H2,1-5H3,(H,17,21)(H,18,22)/p+1. The van der Waals surface area contributed by atoms with Crippen molar-refractivity contribution in [1.29, 1.82) is 0 Å². The third-order valence-electron chi connectivity index (χ3n) is 3.11. The van der Waals surface area contributed by atoms with Crippen LogP contribution in [0.5, 0.6) is 5.75 Å². The van der Waals surface area contributed by atoms with Crippen molar-refractivity contribution in [3.05, 3.63) is 28.3 Å². The second kappa shape index (κ2) is 8.43. The highest BCUT2D eigenvalue weighted by Crippen LogP contribution is 2.28. The molecule has 1 aromatic carbocycles. The number of benzene rings is 1. The van der Waals surface area contributed by atoms with E-state index in [1.54, 1.807) is 7.05 Å². The van der Waals surface area contributed by atoms with Gasteiger partial charge in [-0.1, -0.05) is 0 Å². The normalized spacial score (nSPS) is 12.2. The smallest absolute Gasteiger partial charge is 0.279 e. The minimum absolute atomic E-state index is 0.0312. The number of hydrogen-bond acceptors (Lipinski definition) is 5. The number of ether oxygens (including phenoxy) is 1. The number of hydrogen-bond donors (Lipinski definition) is 3. The van der Waals surface area contributed by atoms with E-state index in [2.05, 4.69) is 10.6 Å². The summed E-state index contributed by atoms with van der Waals surface area (Å²) >= 11 is 0. The molecule has 0 bridgehead atoms. The largest absolute Gasteiger partial charge is 0.495 e. The van der Waals surface area contributed by atoms with Crippen LogP contribution in [-0.2, 0) is 9.59 Å². The fraction of sp³-hybridized carbons (Fsp3) is 0.500. The fourth-order valence-corrected chi connectivity index (χ4v) is 2.17. The second-order valence-corrected chi connectivity index (χ2v) is 6.80. The Kier molecular flexibility index (Phi) is 6.86. The number of anilines is 1. The number of nitrogens with one attached hydrogen (secondary N) is 3. The molecule has 0 fully saturated rings. The summed E-state index contributed by atoms with van der Waals surface area (Å²) in [6.45, 7) is 5.80. The van der Waals surface area contributed by atoms with Crippen molar-refractivity contribution in [1.82, 2.24) is 5.32 Å². The molecule has 0 saturated carbocycles. The van der Waals surface area contributed by atoms with Crippen LogP contribution in [0.15, 0.2) is 18.2 Å². The molecule has 0 saturated heterocycles. The van der Waals surface area contributed by atoms with Crippen molar-refractivity contribution in [3.8, 4) is 5.75 Å². The molecule has 3 N–H and O–H groups in total. The maximum absolute atomic E-state index is 12.1. The lowest BCUT2D eigenvalue weighted by Crippen LogP contribution is -3.11. The number of quaternary nitrogens is 1. The molecular formula is C16H25N4O5+. The van der Waals surface area contributed by atoms with Crippen molar-refractivity contribution in [2.45, 2.75) is 26.3 Å². The fourth-order valence-electron chi connectivity index (χ4n) is 2.17. The second-order valence-electron chi connectivity index (χ2n) is 6.80. The summed E-state index contributed by atoms with van der Waals surface area (Å²) < 4.78 is 5.10. The molecule has 138 valence electrons. The maximum atomic E-state index is 12.1. The number of nitro benzene ring substituents is 1. The minimum atomic E-state index is -0.552. The molecule has 0 radical (unpaired) electrons. The van der Waals surface area contributed by atoms with Crippen LogP contribution in [0.25, 0.3) is 0 Å². The summed E-state index contributed by atoms with van der Waals surface area (Å²) in [7, 11) is 3.12. The van der Waals surface area contributed by atoms with Gasteiger partial charge in [-0.2, -0.15) is 0 Å². The van der Waals surface area contributed by atoms with Crippen LogP contribution in [-0.4, -0.2) is 49.5 Å². The summed E-state index contributed by atoms with van der Waals surface area (Å²) in [6, 6.07) is 3.95. The molecule has 0 aromatic heterocycles. The topological polar surface area (TPSA) is 115 Å². The van der Waals surface area contributed by atoms with Crippen LogP contribution >= 0.6 is 0 Å². The van der Waals surface area contributed by atoms with E-state index in [0.29, 0.717) is 10.6 Å². The van der Waals surface area contributed by atoms with Gasteiger partial charge in [0.15, 0.2) is 13.1 Å². The number of methoxy groups -OCH3 is 1. The molecule has 0 aliphatic heterocycles. The molecule has 0 heterocycles. The Morgan fingerprint density at radius 1 is 1.24 bits per heavy atom. The predicted molar refractivity (Wildman–Crippen MR) is 92.8 cm³/mol. The third kappa shape index (κ3) is 7.17. The lowest BCUT2D eigenvalue weighted by Gasteiger charge is -2.21. The van der Waals surface area contributed by atoms with E-state index in [4.69, 9.17) is 4.74 Å². The lowest BCUT2D eigenvalue weighted by atomic mass is 10.1. The Labute approximate surface area is 146 Å². The summed E-state index contributed by atoms with van der Waals surface area (Å²) in [5.74, 6) is -0.215. The van der Waals surface area contributed by atoms with Crippen LogP contribution in [0.3, 0.4) is 0 Å². The van der Waals surface area contributed by atoms with E-state index >= 15 is 0 Å². The quantitative estimate of drug-likeness (QED) is 0.470. The predicted octanol–water partition coefficient (Wildman–Crippen LogP) is -0.0287. The Bertz CT molecular complexity index is 654. The van der Waals surface area contributed by atoms with Gasteiger partial charge in [0, 0.05) is 17.7 Å². The maximum Gasteiger partial charge on any atom is 0.279 e. The van der Waals surface area contributed by atoms with Crippen LogP contribution in [0.2, 0.25) is 0 Å². The van der Waals surface area contributed by atoms with E-state index in [1.165, 1.54) is 25.3 Å². The number of amides is 2. The highest BCUT2D eigenvalue weighted by Gasteiger charge is 2.20. The van der Waals surface area contributed by atoms with Gasteiger partial charge in [0.25, 0.3) is 17.5 Å². The van der Waals surface area contributed by atoms with Gasteiger partial charge >= 0.3 is 0 Å². The van der Waals surface area contributed by atoms with Crippen LogP contribution in [0.4, 0.5) is 11.4 Å². The lowest BCUT2D eigenvalue weighted by molar-refractivity contribution is -0.862. The summed E-state index contributed by atoms with van der Waals surface area (Å²) in [4.78, 5) is 35.0. The number of carbonyl (C=O) groups is 2. The molecule has 9 nitrogen and oxygen atoms in total. The highest BCUT2D eigenvalue weighted by atomic mass is 16.6. The molecule has 25 heavy (non-hydrogen) atoms. The van der Waals surface area contributed by atoms with Crippen molar-refractivity contribution in [3.63, 3.8) is 0 Å². The first kappa shape index (κ1) is 20.4. The average Bonchev–Trinajstić information content (AvgIpc) is 2.44. The Hall–Kier alpha value is -2.68. The number of non-ortho nitro benzene ring substituents is 1. The van der Waals surface area contributed by atoms with Gasteiger partial charge in [0.2, 0.25) is 0 Å². The number of carbonyl (C=O) groups excluding carboxylic acids is 2. The van der Waals surface area contributed by atoms with Crippen LogP contribution in [0, 0.1) is 10.1 Å². The van der Waals surface area contributed by atoms with Crippen molar-refractivity contribution in [2.24, 2.45) is 0 Å². The van der Waals surface area contributed by atoms with Gasteiger partial charge in [-0.05, 0) is 26.8 Å². The average molecular weight is 353 g/mol. The number of nitro groups is 1. The molecule has 1 unspecified atom stereocenters. The van der Waals surface area contributed by atoms with E-state index < -0.39 is 4.92 Å². The van der Waals surface area contributed by atoms with Crippen molar-refractivity contribution in [2.75, 3.05) is 32.6 Å². The van der Waals surface area contributed by atoms with Gasteiger partial charge in [-0.25, -0.2) is 0 Å². The van der Waals surface area contributed by atoms with E-state index in [9.17, 15) is 19.7 Å². The van der Waals surface area contributed by atoms with Crippen LogP contribution < -0.4 is 20.3 Å². The molecule has 1 atom stereocenters. The Balaban J connectivity index is 2.68. The van der Waals surface area contributed by atoms with E-state index in [0.717, 1.165) is 0 Å². The van der Waals surface area contributed by atoms with Gasteiger partial charge in [0.1, 0.15) is 5.75 Å². The highest BCUT2D eigenvalue weighted by molar-refractivity contribution is 5.93. The van der Waals surface area contributed by atoms with Crippen molar-refractivity contribution < 1.29 is 24.1 Å². The number of rotatable bonds is 7. The minimum Gasteiger partial charge on any atom is -0.495 e. The number of nitrogens with zero attached hydrogens (tertiary/aromatic N) is 1. The SMILES string of the molecule is COc1ccc([N+](=O)[O-])cc1NC(=O)C[NH+](C)CC(=O)NC(C)(C)C. The molecule has 0 aliphatic carbocycles. The zero-order valence-electron chi connectivity index (χ0n) is 15.1. The van der Waals surface area contributed by atoms with Gasteiger partial charge in [-0.3, -0.25) is 19.7 Å².